The van der Waals surface area contributed by atoms with E-state index in [1.807, 2.05) is 12.1 Å². The third-order valence-electron chi connectivity index (χ3n) is 5.22. The molecule has 1 aliphatic heterocycles. The number of aromatic nitrogens is 1. The van der Waals surface area contributed by atoms with Crippen LogP contribution in [0, 0.1) is 0 Å². The number of ether oxygens (including phenoxy) is 1. The van der Waals surface area contributed by atoms with E-state index in [2.05, 4.69) is 33.8 Å². The molecule has 4 heteroatoms. The van der Waals surface area contributed by atoms with Crippen LogP contribution in [-0.2, 0) is 4.74 Å². The van der Waals surface area contributed by atoms with Crippen LogP contribution in [0.2, 0.25) is 0 Å². The fourth-order valence-electron chi connectivity index (χ4n) is 4.50. The van der Waals surface area contributed by atoms with Gasteiger partial charge in [0.1, 0.15) is 0 Å². The number of nitrogens with two attached hydrogens (primary N) is 1. The van der Waals surface area contributed by atoms with Gasteiger partial charge in [0.05, 0.1) is 22.5 Å². The first kappa shape index (κ1) is 18.1. The highest BCUT2D eigenvalue weighted by molar-refractivity contribution is 5.97. The second-order valence-electron chi connectivity index (χ2n) is 8.70. The van der Waals surface area contributed by atoms with Crippen molar-refractivity contribution in [2.75, 3.05) is 0 Å². The summed E-state index contributed by atoms with van der Waals surface area (Å²) in [6.07, 6.45) is 8.46. The number of amides is 1. The maximum Gasteiger partial charge on any atom is 0.250 e. The quantitative estimate of drug-likeness (QED) is 0.874. The van der Waals surface area contributed by atoms with Gasteiger partial charge in [-0.05, 0) is 83.9 Å². The van der Waals surface area contributed by atoms with Crippen molar-refractivity contribution in [1.82, 2.24) is 4.98 Å². The summed E-state index contributed by atoms with van der Waals surface area (Å²) < 4.78 is 6.21. The maximum atomic E-state index is 11.9. The number of primary amides is 1. The van der Waals surface area contributed by atoms with Crippen molar-refractivity contribution in [2.24, 2.45) is 5.73 Å². The van der Waals surface area contributed by atoms with Crippen LogP contribution in [-0.4, -0.2) is 22.1 Å². The van der Waals surface area contributed by atoms with E-state index >= 15 is 0 Å². The minimum atomic E-state index is -0.395. The van der Waals surface area contributed by atoms with Crippen LogP contribution in [0.25, 0.3) is 5.57 Å². The van der Waals surface area contributed by atoms with E-state index in [9.17, 15) is 4.79 Å². The highest BCUT2D eigenvalue weighted by Gasteiger charge is 2.40. The Morgan fingerprint density at radius 1 is 1.16 bits per heavy atom. The molecule has 1 amide bonds. The van der Waals surface area contributed by atoms with Crippen LogP contribution >= 0.6 is 0 Å². The lowest BCUT2D eigenvalue weighted by molar-refractivity contribution is -0.162. The van der Waals surface area contributed by atoms with E-state index in [4.69, 9.17) is 15.5 Å². The molecule has 0 saturated carbocycles. The minimum Gasteiger partial charge on any atom is -0.370 e. The van der Waals surface area contributed by atoms with Gasteiger partial charge >= 0.3 is 0 Å². The summed E-state index contributed by atoms with van der Waals surface area (Å²) in [6, 6.07) is 3.85. The Labute approximate surface area is 150 Å². The van der Waals surface area contributed by atoms with E-state index < -0.39 is 5.91 Å². The number of nitrogens with zero attached hydrogens (tertiary/aromatic N) is 1. The average Bonchev–Trinajstić information content (AvgIpc) is 2.52. The van der Waals surface area contributed by atoms with E-state index in [1.165, 1.54) is 12.0 Å². The summed E-state index contributed by atoms with van der Waals surface area (Å²) in [5.74, 6) is -0.0724. The molecule has 2 N–H and O–H groups in total. The molecule has 1 aliphatic carbocycles. The molecular weight excluding hydrogens is 312 g/mol. The second kappa shape index (κ2) is 6.56. The van der Waals surface area contributed by atoms with E-state index in [1.54, 1.807) is 0 Å². The number of rotatable bonds is 3. The first-order valence-corrected chi connectivity index (χ1v) is 9.37. The Morgan fingerprint density at radius 2 is 1.84 bits per heavy atom. The summed E-state index contributed by atoms with van der Waals surface area (Å²) in [5.41, 5.74) is 8.82. The molecule has 2 aliphatic rings. The van der Waals surface area contributed by atoms with Gasteiger partial charge in [-0.1, -0.05) is 6.08 Å². The van der Waals surface area contributed by atoms with Crippen molar-refractivity contribution in [2.45, 2.75) is 83.3 Å². The molecule has 25 heavy (non-hydrogen) atoms. The third-order valence-corrected chi connectivity index (χ3v) is 5.22. The van der Waals surface area contributed by atoms with Gasteiger partial charge in [0, 0.05) is 11.6 Å². The lowest BCUT2D eigenvalue weighted by Gasteiger charge is -2.45. The largest absolute Gasteiger partial charge is 0.370 e. The lowest BCUT2D eigenvalue weighted by Crippen LogP contribution is -2.44. The van der Waals surface area contributed by atoms with Crippen LogP contribution < -0.4 is 5.73 Å². The van der Waals surface area contributed by atoms with Crippen LogP contribution in [0.4, 0.5) is 0 Å². The van der Waals surface area contributed by atoms with Gasteiger partial charge in [0.25, 0.3) is 5.91 Å². The fraction of sp³-hybridized carbons (Fsp3) is 0.619. The molecule has 0 spiro atoms. The van der Waals surface area contributed by atoms with Crippen LogP contribution in [0.5, 0.6) is 0 Å². The Balaban J connectivity index is 2.00. The van der Waals surface area contributed by atoms with Crippen molar-refractivity contribution in [3.05, 3.63) is 35.2 Å². The number of carbonyl (C=O) groups excluding carboxylic acids is 1. The Hall–Kier alpha value is -1.68. The molecule has 3 rings (SSSR count). The fourth-order valence-corrected chi connectivity index (χ4v) is 4.50. The Bertz CT molecular complexity index is 688. The smallest absolute Gasteiger partial charge is 0.250 e. The van der Waals surface area contributed by atoms with E-state index in [0.717, 1.165) is 43.5 Å². The van der Waals surface area contributed by atoms with Gasteiger partial charge in [-0.2, -0.15) is 0 Å². The normalized spacial score (nSPS) is 23.1. The van der Waals surface area contributed by atoms with Gasteiger partial charge in [0.2, 0.25) is 0 Å². The van der Waals surface area contributed by atoms with Gasteiger partial charge in [0.15, 0.2) is 0 Å². The number of hydrogen-bond acceptors (Lipinski definition) is 3. The van der Waals surface area contributed by atoms with E-state index in [-0.39, 0.29) is 11.2 Å². The topological polar surface area (TPSA) is 65.2 Å². The SMILES string of the molecule is CC1(C)CC(c2ccc(C(N)=O)c(C3=CCCCC3)n2)CC(C)(C)O1. The van der Waals surface area contributed by atoms with Crippen LogP contribution in [0.1, 0.15) is 93.9 Å². The van der Waals surface area contributed by atoms with Gasteiger partial charge in [-0.3, -0.25) is 9.78 Å². The zero-order valence-corrected chi connectivity index (χ0v) is 15.9. The van der Waals surface area contributed by atoms with Crippen molar-refractivity contribution in [3.8, 4) is 0 Å². The number of pyridine rings is 1. The molecule has 4 nitrogen and oxygen atoms in total. The molecule has 1 aromatic rings. The predicted octanol–water partition coefficient (Wildman–Crippen LogP) is 4.59. The summed E-state index contributed by atoms with van der Waals surface area (Å²) in [5, 5.41) is 0. The Morgan fingerprint density at radius 3 is 2.40 bits per heavy atom. The second-order valence-corrected chi connectivity index (χ2v) is 8.70. The standard InChI is InChI=1S/C21H30N2O2/c1-20(2)12-15(13-21(3,4)25-20)17-11-10-16(19(22)24)18(23-17)14-8-6-5-7-9-14/h8,10-11,15H,5-7,9,12-13H2,1-4H3,(H2,22,24). The minimum absolute atomic E-state index is 0.180. The molecule has 0 radical (unpaired) electrons. The molecule has 0 unspecified atom stereocenters. The molecule has 0 atom stereocenters. The van der Waals surface area contributed by atoms with Gasteiger partial charge in [-0.25, -0.2) is 0 Å². The van der Waals surface area contributed by atoms with Crippen molar-refractivity contribution < 1.29 is 9.53 Å². The molecule has 136 valence electrons. The van der Waals surface area contributed by atoms with Crippen molar-refractivity contribution in [3.63, 3.8) is 0 Å². The molecule has 0 aromatic carbocycles. The molecule has 1 saturated heterocycles. The van der Waals surface area contributed by atoms with Crippen molar-refractivity contribution in [1.29, 1.82) is 0 Å². The third kappa shape index (κ3) is 4.12. The number of allylic oxidation sites excluding steroid dienone is 2. The maximum absolute atomic E-state index is 11.9. The first-order valence-electron chi connectivity index (χ1n) is 9.37. The molecule has 0 bridgehead atoms. The summed E-state index contributed by atoms with van der Waals surface area (Å²) in [7, 11) is 0. The van der Waals surface area contributed by atoms with E-state index in [0.29, 0.717) is 11.5 Å². The predicted molar refractivity (Wildman–Crippen MR) is 100 cm³/mol. The molecule has 2 heterocycles. The first-order chi connectivity index (χ1) is 11.7. The summed E-state index contributed by atoms with van der Waals surface area (Å²) in [6.45, 7) is 8.57. The monoisotopic (exact) mass is 342 g/mol. The lowest BCUT2D eigenvalue weighted by atomic mass is 9.78. The van der Waals surface area contributed by atoms with Crippen LogP contribution in [0.15, 0.2) is 18.2 Å². The summed E-state index contributed by atoms with van der Waals surface area (Å²) >= 11 is 0. The number of carbonyl (C=O) groups is 1. The molecular formula is C21H30N2O2. The highest BCUT2D eigenvalue weighted by atomic mass is 16.5. The Kier molecular flexibility index (Phi) is 4.76. The number of hydrogen-bond donors (Lipinski definition) is 1. The summed E-state index contributed by atoms with van der Waals surface area (Å²) in [4.78, 5) is 16.8. The van der Waals surface area contributed by atoms with Gasteiger partial charge < -0.3 is 10.5 Å². The molecule has 1 aromatic heterocycles. The molecule has 1 fully saturated rings. The highest BCUT2D eigenvalue weighted by Crippen LogP contribution is 2.43. The van der Waals surface area contributed by atoms with Crippen molar-refractivity contribution >= 4 is 11.5 Å². The van der Waals surface area contributed by atoms with Crippen LogP contribution in [0.3, 0.4) is 0 Å². The van der Waals surface area contributed by atoms with Gasteiger partial charge in [-0.15, -0.1) is 0 Å². The zero-order valence-electron chi connectivity index (χ0n) is 15.9. The average molecular weight is 342 g/mol. The zero-order chi connectivity index (χ0) is 18.2.